The van der Waals surface area contributed by atoms with Crippen molar-refractivity contribution in [2.24, 2.45) is 0 Å². The highest BCUT2D eigenvalue weighted by molar-refractivity contribution is 5.48. The standard InChI is InChI=1S/C23H22N6O2/c1-15(2)31-21-4-3-16(11-24)9-19(21)23(30)28-12-17-13-29(26-20(17)14-28)18-5-7-27-8-6-25-22(27)10-18/h3-10,13,15,23,30H,12,14H2,1-2H3. The van der Waals surface area contributed by atoms with Crippen molar-refractivity contribution in [2.75, 3.05) is 0 Å². The van der Waals surface area contributed by atoms with Crippen LogP contribution in [-0.4, -0.2) is 35.3 Å². The fraction of sp³-hybridized carbons (Fsp3) is 0.261. The minimum Gasteiger partial charge on any atom is -0.491 e. The maximum Gasteiger partial charge on any atom is 0.138 e. The third-order valence-corrected chi connectivity index (χ3v) is 5.38. The lowest BCUT2D eigenvalue weighted by Crippen LogP contribution is -2.24. The predicted molar refractivity (Wildman–Crippen MR) is 113 cm³/mol. The summed E-state index contributed by atoms with van der Waals surface area (Å²) in [6.45, 7) is 4.93. The van der Waals surface area contributed by atoms with Crippen LogP contribution in [0.1, 0.15) is 42.5 Å². The van der Waals surface area contributed by atoms with E-state index in [1.165, 1.54) is 0 Å². The van der Waals surface area contributed by atoms with Gasteiger partial charge in [0.25, 0.3) is 0 Å². The molecule has 0 amide bonds. The lowest BCUT2D eigenvalue weighted by molar-refractivity contribution is -0.00508. The van der Waals surface area contributed by atoms with Crippen LogP contribution >= 0.6 is 0 Å². The van der Waals surface area contributed by atoms with Crippen molar-refractivity contribution in [3.05, 3.63) is 77.5 Å². The lowest BCUT2D eigenvalue weighted by atomic mass is 10.1. The van der Waals surface area contributed by atoms with Gasteiger partial charge in [-0.1, -0.05) is 0 Å². The molecule has 156 valence electrons. The van der Waals surface area contributed by atoms with Crippen LogP contribution in [0.4, 0.5) is 0 Å². The van der Waals surface area contributed by atoms with E-state index in [0.29, 0.717) is 30.0 Å². The van der Waals surface area contributed by atoms with E-state index in [1.807, 2.05) is 58.6 Å². The number of aliphatic hydroxyl groups excluding tert-OH is 1. The summed E-state index contributed by atoms with van der Waals surface area (Å²) >= 11 is 0. The van der Waals surface area contributed by atoms with E-state index in [2.05, 4.69) is 11.1 Å². The van der Waals surface area contributed by atoms with E-state index >= 15 is 0 Å². The Morgan fingerprint density at radius 1 is 1.16 bits per heavy atom. The van der Waals surface area contributed by atoms with Crippen LogP contribution in [0.5, 0.6) is 5.75 Å². The molecule has 4 aromatic rings. The van der Waals surface area contributed by atoms with Gasteiger partial charge in [0, 0.05) is 55.1 Å². The average Bonchev–Trinajstić information content (AvgIpc) is 3.47. The van der Waals surface area contributed by atoms with Gasteiger partial charge in [-0.15, -0.1) is 0 Å². The molecule has 0 bridgehead atoms. The molecule has 0 saturated heterocycles. The van der Waals surface area contributed by atoms with Crippen molar-refractivity contribution in [3.8, 4) is 17.5 Å². The number of nitrogens with zero attached hydrogens (tertiary/aromatic N) is 6. The second-order valence-corrected chi connectivity index (χ2v) is 7.93. The number of imidazole rings is 1. The number of fused-ring (bicyclic) bond motifs is 2. The third-order valence-electron chi connectivity index (χ3n) is 5.38. The number of hydrogen-bond donors (Lipinski definition) is 1. The molecular weight excluding hydrogens is 392 g/mol. The number of rotatable bonds is 5. The van der Waals surface area contributed by atoms with E-state index in [9.17, 15) is 10.4 Å². The molecule has 3 aromatic heterocycles. The maximum atomic E-state index is 11.1. The first kappa shape index (κ1) is 19.3. The summed E-state index contributed by atoms with van der Waals surface area (Å²) in [5.74, 6) is 0.587. The normalized spacial score (nSPS) is 14.7. The average molecular weight is 414 g/mol. The Kier molecular flexibility index (Phi) is 4.70. The maximum absolute atomic E-state index is 11.1. The molecule has 0 fully saturated rings. The van der Waals surface area contributed by atoms with Gasteiger partial charge in [0.2, 0.25) is 0 Å². The van der Waals surface area contributed by atoms with Gasteiger partial charge in [-0.05, 0) is 38.1 Å². The Bertz CT molecular complexity index is 1280. The number of nitriles is 1. The molecule has 1 N–H and O–H groups in total. The first-order valence-electron chi connectivity index (χ1n) is 10.1. The number of aliphatic hydroxyl groups is 1. The highest BCUT2D eigenvalue weighted by atomic mass is 16.5. The molecular formula is C23H22N6O2. The summed E-state index contributed by atoms with van der Waals surface area (Å²) in [6.07, 6.45) is 6.68. The molecule has 0 saturated carbocycles. The number of aromatic nitrogens is 4. The molecule has 31 heavy (non-hydrogen) atoms. The van der Waals surface area contributed by atoms with Crippen LogP contribution < -0.4 is 4.74 Å². The zero-order chi connectivity index (χ0) is 21.5. The minimum atomic E-state index is -0.897. The van der Waals surface area contributed by atoms with Crippen LogP contribution in [0.15, 0.2) is 55.1 Å². The van der Waals surface area contributed by atoms with Gasteiger partial charge in [0.15, 0.2) is 0 Å². The predicted octanol–water partition coefficient (Wildman–Crippen LogP) is 3.19. The molecule has 0 spiro atoms. The van der Waals surface area contributed by atoms with E-state index in [-0.39, 0.29) is 6.10 Å². The van der Waals surface area contributed by atoms with Crippen LogP contribution in [0.3, 0.4) is 0 Å². The number of benzene rings is 1. The molecule has 1 atom stereocenters. The van der Waals surface area contributed by atoms with Crippen molar-refractivity contribution in [1.82, 2.24) is 24.1 Å². The molecule has 8 heteroatoms. The lowest BCUT2D eigenvalue weighted by Gasteiger charge is -2.25. The number of pyridine rings is 1. The van der Waals surface area contributed by atoms with Gasteiger partial charge < -0.3 is 14.2 Å². The van der Waals surface area contributed by atoms with E-state index < -0.39 is 6.23 Å². The highest BCUT2D eigenvalue weighted by Crippen LogP contribution is 2.35. The van der Waals surface area contributed by atoms with E-state index in [4.69, 9.17) is 9.84 Å². The van der Waals surface area contributed by atoms with Crippen LogP contribution in [0.25, 0.3) is 11.3 Å². The smallest absolute Gasteiger partial charge is 0.138 e. The Labute approximate surface area is 179 Å². The highest BCUT2D eigenvalue weighted by Gasteiger charge is 2.30. The van der Waals surface area contributed by atoms with Gasteiger partial charge in [-0.2, -0.15) is 10.4 Å². The molecule has 1 aromatic carbocycles. The summed E-state index contributed by atoms with van der Waals surface area (Å²) in [6, 6.07) is 11.3. The van der Waals surface area contributed by atoms with Gasteiger partial charge in [-0.25, -0.2) is 9.67 Å². The molecule has 0 aliphatic carbocycles. The Balaban J connectivity index is 1.39. The minimum absolute atomic E-state index is 0.0371. The van der Waals surface area contributed by atoms with Gasteiger partial charge >= 0.3 is 0 Å². The van der Waals surface area contributed by atoms with Gasteiger partial charge in [0.1, 0.15) is 17.6 Å². The molecule has 1 unspecified atom stereocenters. The van der Waals surface area contributed by atoms with Crippen molar-refractivity contribution in [2.45, 2.75) is 39.3 Å². The van der Waals surface area contributed by atoms with Crippen molar-refractivity contribution >= 4 is 5.65 Å². The molecule has 0 radical (unpaired) electrons. The van der Waals surface area contributed by atoms with Crippen molar-refractivity contribution in [3.63, 3.8) is 0 Å². The summed E-state index contributed by atoms with van der Waals surface area (Å²) < 4.78 is 9.67. The summed E-state index contributed by atoms with van der Waals surface area (Å²) in [5, 5.41) is 25.1. The quantitative estimate of drug-likeness (QED) is 0.539. The molecule has 4 heterocycles. The molecule has 1 aliphatic rings. The van der Waals surface area contributed by atoms with Crippen LogP contribution in [0, 0.1) is 11.3 Å². The molecule has 1 aliphatic heterocycles. The Hall–Kier alpha value is -3.67. The number of hydrogen-bond acceptors (Lipinski definition) is 6. The summed E-state index contributed by atoms with van der Waals surface area (Å²) in [4.78, 5) is 6.25. The molecule has 8 nitrogen and oxygen atoms in total. The van der Waals surface area contributed by atoms with Crippen molar-refractivity contribution < 1.29 is 9.84 Å². The van der Waals surface area contributed by atoms with Gasteiger partial charge in [-0.3, -0.25) is 4.90 Å². The molecule has 5 rings (SSSR count). The van der Waals surface area contributed by atoms with Crippen molar-refractivity contribution in [1.29, 1.82) is 5.26 Å². The van der Waals surface area contributed by atoms with Crippen LogP contribution in [-0.2, 0) is 13.1 Å². The largest absolute Gasteiger partial charge is 0.491 e. The monoisotopic (exact) mass is 414 g/mol. The summed E-state index contributed by atoms with van der Waals surface area (Å²) in [7, 11) is 0. The number of ether oxygens (including phenoxy) is 1. The third kappa shape index (κ3) is 3.54. The van der Waals surface area contributed by atoms with Gasteiger partial charge in [0.05, 0.1) is 29.1 Å². The summed E-state index contributed by atoms with van der Waals surface area (Å²) in [5.41, 5.74) is 4.86. The second-order valence-electron chi connectivity index (χ2n) is 7.93. The Morgan fingerprint density at radius 2 is 2.03 bits per heavy atom. The van der Waals surface area contributed by atoms with E-state index in [1.54, 1.807) is 24.4 Å². The van der Waals surface area contributed by atoms with Crippen LogP contribution in [0.2, 0.25) is 0 Å². The first-order chi connectivity index (χ1) is 15.0. The van der Waals surface area contributed by atoms with E-state index in [0.717, 1.165) is 22.6 Å². The fourth-order valence-electron chi connectivity index (χ4n) is 3.90. The Morgan fingerprint density at radius 3 is 2.81 bits per heavy atom. The fourth-order valence-corrected chi connectivity index (χ4v) is 3.90. The first-order valence-corrected chi connectivity index (χ1v) is 10.1. The zero-order valence-corrected chi connectivity index (χ0v) is 17.3. The second kappa shape index (κ2) is 7.54. The SMILES string of the molecule is CC(C)Oc1ccc(C#N)cc1C(O)N1Cc2cn(-c3ccn4ccnc4c3)nc2C1. The topological polar surface area (TPSA) is 91.6 Å². The zero-order valence-electron chi connectivity index (χ0n) is 17.3.